The summed E-state index contributed by atoms with van der Waals surface area (Å²) < 4.78 is 6.33. The van der Waals surface area contributed by atoms with Crippen LogP contribution in [0.3, 0.4) is 0 Å². The minimum Gasteiger partial charge on any atom is -0.496 e. The first-order valence-corrected chi connectivity index (χ1v) is 9.00. The van der Waals surface area contributed by atoms with Crippen molar-refractivity contribution in [2.45, 2.75) is 13.5 Å². The van der Waals surface area contributed by atoms with Crippen molar-refractivity contribution in [2.75, 3.05) is 12.4 Å². The molecule has 2 heterocycles. The quantitative estimate of drug-likeness (QED) is 0.502. The highest BCUT2D eigenvalue weighted by Gasteiger charge is 2.14. The Morgan fingerprint density at radius 3 is 2.86 bits per heavy atom. The van der Waals surface area contributed by atoms with Gasteiger partial charge in [0.25, 0.3) is 11.2 Å². The summed E-state index contributed by atoms with van der Waals surface area (Å²) in [6.45, 7) is 1.60. The van der Waals surface area contributed by atoms with Crippen molar-refractivity contribution in [3.8, 4) is 17.0 Å². The summed E-state index contributed by atoms with van der Waals surface area (Å²) in [7, 11) is 1.57. The van der Waals surface area contributed by atoms with Gasteiger partial charge >= 0.3 is 0 Å². The summed E-state index contributed by atoms with van der Waals surface area (Å²) in [5.41, 5.74) is 1.71. The third kappa shape index (κ3) is 4.23. The van der Waals surface area contributed by atoms with Crippen LogP contribution in [-0.4, -0.2) is 27.5 Å². The van der Waals surface area contributed by atoms with Crippen molar-refractivity contribution in [1.82, 2.24) is 9.55 Å². The number of nitrogens with zero attached hydrogens (tertiary/aromatic N) is 3. The molecule has 3 aromatic rings. The number of thiazole rings is 1. The molecule has 0 spiro atoms. The van der Waals surface area contributed by atoms with E-state index in [0.29, 0.717) is 16.6 Å². The van der Waals surface area contributed by atoms with Crippen LogP contribution in [0.2, 0.25) is 0 Å². The average Bonchev–Trinajstić information content (AvgIpc) is 3.11. The summed E-state index contributed by atoms with van der Waals surface area (Å²) in [6.07, 6.45) is 1.03. The highest BCUT2D eigenvalue weighted by molar-refractivity contribution is 7.14. The van der Waals surface area contributed by atoms with Crippen LogP contribution in [0.15, 0.2) is 46.7 Å². The first kappa shape index (κ1) is 19.2. The molecule has 3 rings (SSSR count). The minimum atomic E-state index is -0.629. The average molecular weight is 400 g/mol. The number of benzene rings is 1. The summed E-state index contributed by atoms with van der Waals surface area (Å²) in [5, 5.41) is 15.6. The van der Waals surface area contributed by atoms with Crippen molar-refractivity contribution in [1.29, 1.82) is 0 Å². The molecule has 0 aliphatic heterocycles. The van der Waals surface area contributed by atoms with Gasteiger partial charge in [-0.3, -0.25) is 24.3 Å². The summed E-state index contributed by atoms with van der Waals surface area (Å²) in [5.74, 6) is 0.150. The van der Waals surface area contributed by atoms with Crippen molar-refractivity contribution >= 4 is 28.1 Å². The van der Waals surface area contributed by atoms with Crippen LogP contribution in [0.5, 0.6) is 5.75 Å². The van der Waals surface area contributed by atoms with Gasteiger partial charge in [0.05, 0.1) is 23.9 Å². The van der Waals surface area contributed by atoms with Crippen molar-refractivity contribution in [3.63, 3.8) is 0 Å². The van der Waals surface area contributed by atoms with E-state index in [9.17, 15) is 19.7 Å². The number of hydrogen-bond acceptors (Lipinski definition) is 7. The van der Waals surface area contributed by atoms with E-state index >= 15 is 0 Å². The Bertz CT molecular complexity index is 1110. The van der Waals surface area contributed by atoms with Gasteiger partial charge in [-0.1, -0.05) is 11.6 Å². The molecule has 0 saturated heterocycles. The van der Waals surface area contributed by atoms with E-state index in [0.717, 1.165) is 34.0 Å². The van der Waals surface area contributed by atoms with E-state index in [1.165, 1.54) is 11.3 Å². The molecule has 28 heavy (non-hydrogen) atoms. The number of methoxy groups -OCH3 is 1. The number of rotatable bonds is 6. The molecular weight excluding hydrogens is 384 g/mol. The lowest BCUT2D eigenvalue weighted by Crippen LogP contribution is -2.26. The largest absolute Gasteiger partial charge is 0.496 e. The molecule has 10 heteroatoms. The molecule has 0 unspecified atom stereocenters. The lowest BCUT2D eigenvalue weighted by molar-refractivity contribution is -0.385. The third-order valence-corrected chi connectivity index (χ3v) is 4.63. The fourth-order valence-electron chi connectivity index (χ4n) is 2.54. The van der Waals surface area contributed by atoms with Gasteiger partial charge in [0.15, 0.2) is 5.13 Å². The van der Waals surface area contributed by atoms with Gasteiger partial charge in [-0.25, -0.2) is 4.98 Å². The summed E-state index contributed by atoms with van der Waals surface area (Å²) >= 11 is 1.23. The van der Waals surface area contributed by atoms with E-state index in [2.05, 4.69) is 10.3 Å². The summed E-state index contributed by atoms with van der Waals surface area (Å²) in [6, 6.07) is 7.85. The van der Waals surface area contributed by atoms with E-state index in [-0.39, 0.29) is 12.2 Å². The van der Waals surface area contributed by atoms with Crippen LogP contribution in [-0.2, 0) is 11.3 Å². The van der Waals surface area contributed by atoms with Gasteiger partial charge in [-0.05, 0) is 19.1 Å². The normalized spacial score (nSPS) is 10.5. The maximum atomic E-state index is 12.2. The number of nitrogens with one attached hydrogen (secondary N) is 1. The van der Waals surface area contributed by atoms with Crippen LogP contribution in [0.4, 0.5) is 10.8 Å². The van der Waals surface area contributed by atoms with E-state index in [1.807, 2.05) is 25.1 Å². The van der Waals surface area contributed by atoms with Gasteiger partial charge in [-0.15, -0.1) is 11.3 Å². The molecule has 0 aliphatic rings. The Kier molecular flexibility index (Phi) is 5.50. The monoisotopic (exact) mass is 400 g/mol. The molecule has 2 aromatic heterocycles. The lowest BCUT2D eigenvalue weighted by Gasteiger charge is -2.07. The molecular formula is C18H16N4O5S. The zero-order valence-electron chi connectivity index (χ0n) is 15.0. The third-order valence-electron chi connectivity index (χ3n) is 3.87. The minimum absolute atomic E-state index is 0.268. The standard InChI is InChI=1S/C18H16N4O5S/c1-11-3-5-15(27-2)13(7-11)14-10-28-18(19-14)20-16(23)9-21-8-12(22(25)26)4-6-17(21)24/h3-8,10H,9H2,1-2H3,(H,19,20,23). The fourth-order valence-corrected chi connectivity index (χ4v) is 3.27. The second-order valence-electron chi connectivity index (χ2n) is 5.90. The molecule has 0 aliphatic carbocycles. The molecule has 1 N–H and O–H groups in total. The predicted molar refractivity (Wildman–Crippen MR) is 105 cm³/mol. The van der Waals surface area contributed by atoms with E-state index < -0.39 is 16.4 Å². The van der Waals surface area contributed by atoms with Crippen LogP contribution in [0, 0.1) is 17.0 Å². The topological polar surface area (TPSA) is 116 Å². The Hall–Kier alpha value is -3.53. The number of pyridine rings is 1. The predicted octanol–water partition coefficient (Wildman–Crippen LogP) is 2.84. The molecule has 0 saturated carbocycles. The van der Waals surface area contributed by atoms with E-state index in [1.54, 1.807) is 12.5 Å². The van der Waals surface area contributed by atoms with Crippen LogP contribution < -0.4 is 15.6 Å². The molecule has 1 aromatic carbocycles. The fraction of sp³-hybridized carbons (Fsp3) is 0.167. The number of aromatic nitrogens is 2. The highest BCUT2D eigenvalue weighted by atomic mass is 32.1. The van der Waals surface area contributed by atoms with Gasteiger partial charge in [-0.2, -0.15) is 0 Å². The molecule has 144 valence electrons. The van der Waals surface area contributed by atoms with Gasteiger partial charge in [0.2, 0.25) is 5.91 Å². The summed E-state index contributed by atoms with van der Waals surface area (Å²) in [4.78, 5) is 38.6. The Balaban J connectivity index is 1.77. The Morgan fingerprint density at radius 1 is 1.36 bits per heavy atom. The number of hydrogen-bond donors (Lipinski definition) is 1. The lowest BCUT2D eigenvalue weighted by atomic mass is 10.1. The zero-order valence-corrected chi connectivity index (χ0v) is 15.9. The smallest absolute Gasteiger partial charge is 0.285 e. The van der Waals surface area contributed by atoms with Crippen LogP contribution in [0.25, 0.3) is 11.3 Å². The number of ether oxygens (including phenoxy) is 1. The first-order chi connectivity index (χ1) is 13.4. The molecule has 9 nitrogen and oxygen atoms in total. The Labute approximate surface area is 163 Å². The number of nitro groups is 1. The molecule has 0 radical (unpaired) electrons. The van der Waals surface area contributed by atoms with Crippen LogP contribution >= 0.6 is 11.3 Å². The molecule has 0 fully saturated rings. The van der Waals surface area contributed by atoms with Gasteiger partial charge < -0.3 is 10.1 Å². The van der Waals surface area contributed by atoms with Crippen molar-refractivity contribution in [2.24, 2.45) is 0 Å². The van der Waals surface area contributed by atoms with E-state index in [4.69, 9.17) is 4.74 Å². The molecule has 0 bridgehead atoms. The first-order valence-electron chi connectivity index (χ1n) is 8.12. The SMILES string of the molecule is COc1ccc(C)cc1-c1csc(NC(=O)Cn2cc([N+](=O)[O-])ccc2=O)n1. The number of aryl methyl sites for hydroxylation is 1. The second kappa shape index (κ2) is 8.01. The number of anilines is 1. The highest BCUT2D eigenvalue weighted by Crippen LogP contribution is 2.32. The maximum Gasteiger partial charge on any atom is 0.285 e. The van der Waals surface area contributed by atoms with Crippen molar-refractivity contribution < 1.29 is 14.5 Å². The van der Waals surface area contributed by atoms with Gasteiger partial charge in [0, 0.05) is 23.1 Å². The van der Waals surface area contributed by atoms with Crippen LogP contribution in [0.1, 0.15) is 5.56 Å². The molecule has 1 amide bonds. The molecule has 0 atom stereocenters. The number of amides is 1. The number of carbonyl (C=O) groups is 1. The van der Waals surface area contributed by atoms with Crippen molar-refractivity contribution in [3.05, 3.63) is 67.9 Å². The Morgan fingerprint density at radius 2 is 2.14 bits per heavy atom. The second-order valence-corrected chi connectivity index (χ2v) is 6.76. The number of carbonyl (C=O) groups excluding carboxylic acids is 1. The zero-order chi connectivity index (χ0) is 20.3. The maximum absolute atomic E-state index is 12.2. The van der Waals surface area contributed by atoms with Gasteiger partial charge in [0.1, 0.15) is 12.3 Å².